The van der Waals surface area contributed by atoms with E-state index in [1.807, 2.05) is 24.3 Å². The highest BCUT2D eigenvalue weighted by atomic mass is 19.1. The number of halogens is 1. The Balaban J connectivity index is 2.01. The van der Waals surface area contributed by atoms with Crippen LogP contribution in [0.2, 0.25) is 0 Å². The number of guanidine groups is 1. The van der Waals surface area contributed by atoms with Crippen LogP contribution in [-0.2, 0) is 0 Å². The number of hydrogen-bond acceptors (Lipinski definition) is 5. The molecule has 0 unspecified atom stereocenters. The van der Waals surface area contributed by atoms with Crippen LogP contribution >= 0.6 is 0 Å². The molecular formula is C21H25FN6O. The van der Waals surface area contributed by atoms with Crippen LogP contribution in [0, 0.1) is 0 Å². The predicted octanol–water partition coefficient (Wildman–Crippen LogP) is 3.60. The number of benzene rings is 1. The van der Waals surface area contributed by atoms with Gasteiger partial charge in [-0.15, -0.1) is 0 Å². The van der Waals surface area contributed by atoms with Gasteiger partial charge in [0, 0.05) is 5.57 Å². The molecule has 2 heterocycles. The summed E-state index contributed by atoms with van der Waals surface area (Å²) in [6.07, 6.45) is 8.14. The number of hydrogen-bond donors (Lipinski definition) is 2. The zero-order chi connectivity index (χ0) is 20.9. The monoisotopic (exact) mass is 396 g/mol. The minimum absolute atomic E-state index is 0.0282. The minimum atomic E-state index is -1.39. The first-order valence-corrected chi connectivity index (χ1v) is 9.40. The number of aromatic nitrogens is 2. The number of fused-ring (bicyclic) bond motifs is 1. The van der Waals surface area contributed by atoms with E-state index in [1.54, 1.807) is 13.3 Å². The van der Waals surface area contributed by atoms with Gasteiger partial charge in [0.05, 0.1) is 36.5 Å². The van der Waals surface area contributed by atoms with Crippen LogP contribution in [0.3, 0.4) is 0 Å². The zero-order valence-electron chi connectivity index (χ0n) is 17.0. The standard InChI is InChI=1S/C21H25FN6O/c1-5-6-7-15(18-11-23-20(28-27-18)24-12-21(2,3)22)14-8-9-17-16(10-14)19(29-4)26-13-25-17/h6-11,13,27H,5,12H2,1-4H3,(H,24,28)/b7-6-,18-15+. The molecule has 0 aliphatic carbocycles. The van der Waals surface area contributed by atoms with Crippen molar-refractivity contribution in [1.29, 1.82) is 0 Å². The van der Waals surface area contributed by atoms with E-state index in [2.05, 4.69) is 43.8 Å². The highest BCUT2D eigenvalue weighted by Gasteiger charge is 2.16. The summed E-state index contributed by atoms with van der Waals surface area (Å²) in [7, 11) is 1.59. The highest BCUT2D eigenvalue weighted by molar-refractivity contribution is 6.02. The summed E-state index contributed by atoms with van der Waals surface area (Å²) in [6.45, 7) is 5.06. The van der Waals surface area contributed by atoms with Gasteiger partial charge in [-0.2, -0.15) is 0 Å². The largest absolute Gasteiger partial charge is 0.480 e. The van der Waals surface area contributed by atoms with Gasteiger partial charge in [0.2, 0.25) is 11.8 Å². The number of nitrogens with one attached hydrogen (secondary N) is 2. The van der Waals surface area contributed by atoms with Gasteiger partial charge in [-0.1, -0.05) is 25.1 Å². The van der Waals surface area contributed by atoms with E-state index < -0.39 is 5.67 Å². The minimum Gasteiger partial charge on any atom is -0.480 e. The second-order valence-electron chi connectivity index (χ2n) is 7.12. The van der Waals surface area contributed by atoms with Crippen LogP contribution in [0.15, 0.2) is 52.4 Å². The Morgan fingerprint density at radius 3 is 2.76 bits per heavy atom. The van der Waals surface area contributed by atoms with Gasteiger partial charge in [0.25, 0.3) is 0 Å². The molecule has 0 radical (unpaired) electrons. The van der Waals surface area contributed by atoms with Crippen molar-refractivity contribution in [1.82, 2.24) is 20.8 Å². The van der Waals surface area contributed by atoms with Gasteiger partial charge < -0.3 is 4.74 Å². The molecule has 7 nitrogen and oxygen atoms in total. The van der Waals surface area contributed by atoms with E-state index in [-0.39, 0.29) is 6.54 Å². The fourth-order valence-electron chi connectivity index (χ4n) is 2.73. The van der Waals surface area contributed by atoms with Crippen LogP contribution < -0.4 is 15.6 Å². The third-order valence-corrected chi connectivity index (χ3v) is 4.14. The smallest absolute Gasteiger partial charge is 0.237 e. The Labute approximate surface area is 169 Å². The quantitative estimate of drug-likeness (QED) is 0.779. The van der Waals surface area contributed by atoms with Crippen molar-refractivity contribution in [3.05, 3.63) is 47.9 Å². The molecule has 0 bridgehead atoms. The van der Waals surface area contributed by atoms with E-state index in [1.165, 1.54) is 20.2 Å². The first kappa shape index (κ1) is 20.4. The molecular weight excluding hydrogens is 371 g/mol. The van der Waals surface area contributed by atoms with Crippen molar-refractivity contribution < 1.29 is 9.13 Å². The average molecular weight is 396 g/mol. The van der Waals surface area contributed by atoms with Crippen LogP contribution in [0.4, 0.5) is 4.39 Å². The molecule has 1 aromatic carbocycles. The topological polar surface area (TPSA) is 83.8 Å². The number of methoxy groups -OCH3 is 1. The Bertz CT molecular complexity index is 1000. The lowest BCUT2D eigenvalue weighted by atomic mass is 10.0. The molecule has 0 fully saturated rings. The van der Waals surface area contributed by atoms with Crippen molar-refractivity contribution in [3.8, 4) is 5.88 Å². The molecule has 29 heavy (non-hydrogen) atoms. The molecule has 1 aliphatic rings. The van der Waals surface area contributed by atoms with Crippen LogP contribution in [0.1, 0.15) is 32.8 Å². The fourth-order valence-corrected chi connectivity index (χ4v) is 2.73. The van der Waals surface area contributed by atoms with Gasteiger partial charge in [-0.05, 0) is 38.0 Å². The van der Waals surface area contributed by atoms with Crippen LogP contribution in [0.25, 0.3) is 16.5 Å². The zero-order valence-corrected chi connectivity index (χ0v) is 17.0. The summed E-state index contributed by atoms with van der Waals surface area (Å²) in [5, 5.41) is 0.823. The van der Waals surface area contributed by atoms with Crippen molar-refractivity contribution in [2.45, 2.75) is 32.9 Å². The lowest BCUT2D eigenvalue weighted by Gasteiger charge is -2.19. The Morgan fingerprint density at radius 1 is 1.28 bits per heavy atom. The van der Waals surface area contributed by atoms with Gasteiger partial charge in [0.1, 0.15) is 12.0 Å². The van der Waals surface area contributed by atoms with E-state index in [0.717, 1.165) is 34.2 Å². The first-order chi connectivity index (χ1) is 13.9. The van der Waals surface area contributed by atoms with Crippen molar-refractivity contribution in [3.63, 3.8) is 0 Å². The number of rotatable bonds is 6. The number of ether oxygens (including phenoxy) is 1. The number of nitrogens with zero attached hydrogens (tertiary/aromatic N) is 4. The molecule has 0 amide bonds. The average Bonchev–Trinajstić information content (AvgIpc) is 2.72. The van der Waals surface area contributed by atoms with Crippen molar-refractivity contribution in [2.24, 2.45) is 9.98 Å². The number of allylic oxidation sites excluding steroid dienone is 4. The van der Waals surface area contributed by atoms with Crippen LogP contribution in [0.5, 0.6) is 5.88 Å². The van der Waals surface area contributed by atoms with Gasteiger partial charge in [-0.25, -0.2) is 24.3 Å². The lowest BCUT2D eigenvalue weighted by Crippen LogP contribution is -2.41. The molecule has 0 spiro atoms. The van der Waals surface area contributed by atoms with Gasteiger partial charge in [-0.3, -0.25) is 10.9 Å². The van der Waals surface area contributed by atoms with Crippen LogP contribution in [-0.4, -0.2) is 41.5 Å². The van der Waals surface area contributed by atoms with Gasteiger partial charge >= 0.3 is 0 Å². The molecule has 152 valence electrons. The first-order valence-electron chi connectivity index (χ1n) is 9.40. The molecule has 2 aromatic rings. The molecule has 0 atom stereocenters. The number of hydrazine groups is 1. The Hall–Kier alpha value is -3.29. The summed E-state index contributed by atoms with van der Waals surface area (Å²) in [4.78, 5) is 16.9. The Kier molecular flexibility index (Phi) is 6.21. The summed E-state index contributed by atoms with van der Waals surface area (Å²) in [5.74, 6) is 0.860. The fraction of sp³-hybridized carbons (Fsp3) is 0.333. The van der Waals surface area contributed by atoms with Crippen molar-refractivity contribution in [2.75, 3.05) is 13.7 Å². The van der Waals surface area contributed by atoms with E-state index in [9.17, 15) is 4.39 Å². The molecule has 1 aliphatic heterocycles. The molecule has 0 saturated heterocycles. The lowest BCUT2D eigenvalue weighted by molar-refractivity contribution is 0.228. The summed E-state index contributed by atoms with van der Waals surface area (Å²) in [6, 6.07) is 5.90. The summed E-state index contributed by atoms with van der Waals surface area (Å²) in [5.41, 5.74) is 8.09. The molecule has 2 N–H and O–H groups in total. The number of aliphatic imine (C=N–C) groups is 2. The van der Waals surface area contributed by atoms with Crippen molar-refractivity contribution >= 4 is 28.7 Å². The summed E-state index contributed by atoms with van der Waals surface area (Å²) >= 11 is 0. The maximum absolute atomic E-state index is 13.7. The highest BCUT2D eigenvalue weighted by Crippen LogP contribution is 2.27. The SMILES string of the molecule is CC/C=C\C(=C1\C=NC(=NCC(C)(C)F)NN1)c1ccc2ncnc(OC)c2c1. The molecule has 1 aromatic heterocycles. The second-order valence-corrected chi connectivity index (χ2v) is 7.12. The van der Waals surface area contributed by atoms with Gasteiger partial charge in [0.15, 0.2) is 0 Å². The summed E-state index contributed by atoms with van der Waals surface area (Å²) < 4.78 is 19.0. The molecule has 0 saturated carbocycles. The van der Waals surface area contributed by atoms with E-state index in [0.29, 0.717) is 11.8 Å². The Morgan fingerprint density at radius 2 is 2.10 bits per heavy atom. The van der Waals surface area contributed by atoms with E-state index in [4.69, 9.17) is 4.74 Å². The second kappa shape index (κ2) is 8.81. The number of alkyl halides is 1. The normalized spacial score (nSPS) is 17.5. The molecule has 8 heteroatoms. The van der Waals surface area contributed by atoms with E-state index >= 15 is 0 Å². The maximum Gasteiger partial charge on any atom is 0.237 e. The molecule has 3 rings (SSSR count). The third-order valence-electron chi connectivity index (χ3n) is 4.14. The predicted molar refractivity (Wildman–Crippen MR) is 115 cm³/mol. The third kappa shape index (κ3) is 5.16. The maximum atomic E-state index is 13.7.